The van der Waals surface area contributed by atoms with Crippen molar-refractivity contribution >= 4 is 34.5 Å². The molecule has 38 heavy (non-hydrogen) atoms. The van der Waals surface area contributed by atoms with E-state index in [-0.39, 0.29) is 17.7 Å². The molecule has 2 aromatic heterocycles. The fourth-order valence-corrected chi connectivity index (χ4v) is 5.12. The first-order valence-electron chi connectivity index (χ1n) is 13.1. The highest BCUT2D eigenvalue weighted by molar-refractivity contribution is 6.04. The van der Waals surface area contributed by atoms with Crippen LogP contribution in [0.25, 0.3) is 11.0 Å². The first-order chi connectivity index (χ1) is 18.5. The number of imidazole rings is 2. The van der Waals surface area contributed by atoms with E-state index in [1.54, 1.807) is 41.7 Å². The molecule has 8 heteroatoms. The fourth-order valence-electron chi connectivity index (χ4n) is 5.12. The molecule has 1 N–H and O–H groups in total. The zero-order chi connectivity index (χ0) is 26.5. The molecule has 1 aliphatic rings. The third-order valence-corrected chi connectivity index (χ3v) is 7.30. The summed E-state index contributed by atoms with van der Waals surface area (Å²) in [6.07, 6.45) is 17.1. The number of carbonyl (C=O) groups is 2. The molecule has 2 amide bonds. The third kappa shape index (κ3) is 5.47. The minimum Gasteiger partial charge on any atom is -0.337 e. The number of hydrogen-bond acceptors (Lipinski definition) is 4. The predicted molar refractivity (Wildman–Crippen MR) is 149 cm³/mol. The van der Waals surface area contributed by atoms with Crippen LogP contribution in [0.2, 0.25) is 0 Å². The van der Waals surface area contributed by atoms with Crippen molar-refractivity contribution in [1.82, 2.24) is 19.1 Å². The molecular formula is C30H32N6O2. The molecule has 1 aliphatic carbocycles. The lowest BCUT2D eigenvalue weighted by atomic mass is 9.88. The van der Waals surface area contributed by atoms with Gasteiger partial charge in [0, 0.05) is 55.3 Å². The van der Waals surface area contributed by atoms with Gasteiger partial charge in [0.2, 0.25) is 11.9 Å². The minimum atomic E-state index is -0.260. The maximum atomic E-state index is 13.1. The second-order valence-corrected chi connectivity index (χ2v) is 9.82. The highest BCUT2D eigenvalue weighted by atomic mass is 16.2. The number of hydrogen-bond donors (Lipinski definition) is 1. The van der Waals surface area contributed by atoms with Gasteiger partial charge in [-0.15, -0.1) is 6.42 Å². The lowest BCUT2D eigenvalue weighted by molar-refractivity contribution is -0.123. The summed E-state index contributed by atoms with van der Waals surface area (Å²) in [4.78, 5) is 36.8. The Labute approximate surface area is 222 Å². The molecule has 4 aromatic rings. The molecule has 5 rings (SSSR count). The van der Waals surface area contributed by atoms with Gasteiger partial charge in [0.25, 0.3) is 5.91 Å². The lowest BCUT2D eigenvalue weighted by Crippen LogP contribution is -2.33. The van der Waals surface area contributed by atoms with Crippen molar-refractivity contribution in [1.29, 1.82) is 0 Å². The number of aromatic nitrogens is 4. The maximum Gasteiger partial charge on any atom is 0.257 e. The Bertz CT molecular complexity index is 1460. The van der Waals surface area contributed by atoms with Gasteiger partial charge in [0.1, 0.15) is 0 Å². The summed E-state index contributed by atoms with van der Waals surface area (Å²) in [6, 6.07) is 12.8. The van der Waals surface area contributed by atoms with Crippen LogP contribution in [0.4, 0.5) is 11.6 Å². The molecule has 1 saturated carbocycles. The van der Waals surface area contributed by atoms with Crippen LogP contribution >= 0.6 is 0 Å². The van der Waals surface area contributed by atoms with Gasteiger partial charge in [-0.1, -0.05) is 25.2 Å². The largest absolute Gasteiger partial charge is 0.337 e. The van der Waals surface area contributed by atoms with E-state index in [1.807, 2.05) is 40.6 Å². The van der Waals surface area contributed by atoms with Crippen molar-refractivity contribution in [3.8, 4) is 12.3 Å². The van der Waals surface area contributed by atoms with E-state index in [1.165, 1.54) is 6.42 Å². The number of terminal acetylenes is 1. The van der Waals surface area contributed by atoms with Crippen LogP contribution < -0.4 is 10.2 Å². The number of rotatable bonds is 8. The van der Waals surface area contributed by atoms with E-state index < -0.39 is 0 Å². The summed E-state index contributed by atoms with van der Waals surface area (Å²) in [5.41, 5.74) is 3.65. The van der Waals surface area contributed by atoms with Gasteiger partial charge in [0.15, 0.2) is 0 Å². The van der Waals surface area contributed by atoms with Gasteiger partial charge in [-0.3, -0.25) is 14.9 Å². The standard InChI is InChI=1S/C30H32N6O2/c1-3-22-10-12-23(13-11-22)28(37)33-30-32-26-20-25(34(2)29(38)24-8-5-4-6-9-24)14-15-27(26)36(30)18-7-17-35-19-16-31-21-35/h1,10-16,19-21,24H,4-9,17-18H2,2H3,(H,32,33,37). The number of anilines is 2. The van der Waals surface area contributed by atoms with Crippen LogP contribution in [0.5, 0.6) is 0 Å². The van der Waals surface area contributed by atoms with Crippen molar-refractivity contribution < 1.29 is 9.59 Å². The van der Waals surface area contributed by atoms with Gasteiger partial charge in [-0.25, -0.2) is 9.97 Å². The van der Waals surface area contributed by atoms with Crippen molar-refractivity contribution in [2.75, 3.05) is 17.3 Å². The Hall–Kier alpha value is -4.38. The SMILES string of the molecule is C#Cc1ccc(C(=O)Nc2nc3cc(N(C)C(=O)C4CCCCC4)ccc3n2CCCn2ccnc2)cc1. The van der Waals surface area contributed by atoms with Crippen LogP contribution in [0.15, 0.2) is 61.2 Å². The number of fused-ring (bicyclic) bond motifs is 1. The topological polar surface area (TPSA) is 85.0 Å². The molecule has 0 bridgehead atoms. The molecule has 8 nitrogen and oxygen atoms in total. The second kappa shape index (κ2) is 11.3. The molecule has 0 aliphatic heterocycles. The molecule has 2 heterocycles. The molecule has 194 valence electrons. The summed E-state index contributed by atoms with van der Waals surface area (Å²) < 4.78 is 4.04. The first kappa shape index (κ1) is 25.3. The zero-order valence-electron chi connectivity index (χ0n) is 21.6. The number of carbonyl (C=O) groups excluding carboxylic acids is 2. The summed E-state index contributed by atoms with van der Waals surface area (Å²) in [5, 5.41) is 2.98. The fraction of sp³-hybridized carbons (Fsp3) is 0.333. The van der Waals surface area contributed by atoms with E-state index in [0.29, 0.717) is 23.6 Å². The average molecular weight is 509 g/mol. The number of nitrogens with one attached hydrogen (secondary N) is 1. The smallest absolute Gasteiger partial charge is 0.257 e. The predicted octanol–water partition coefficient (Wildman–Crippen LogP) is 5.10. The maximum absolute atomic E-state index is 13.1. The van der Waals surface area contributed by atoms with Crippen LogP contribution in [0.3, 0.4) is 0 Å². The van der Waals surface area contributed by atoms with E-state index in [0.717, 1.165) is 55.4 Å². The van der Waals surface area contributed by atoms with Crippen molar-refractivity contribution in [3.63, 3.8) is 0 Å². The molecule has 0 atom stereocenters. The van der Waals surface area contributed by atoms with Gasteiger partial charge < -0.3 is 14.0 Å². The Morgan fingerprint density at radius 2 is 1.89 bits per heavy atom. The molecule has 0 unspecified atom stereocenters. The lowest BCUT2D eigenvalue weighted by Gasteiger charge is -2.26. The van der Waals surface area contributed by atoms with Crippen LogP contribution in [-0.2, 0) is 17.9 Å². The summed E-state index contributed by atoms with van der Waals surface area (Å²) in [5.74, 6) is 3.02. The number of nitrogens with zero attached hydrogens (tertiary/aromatic N) is 5. The molecule has 2 aromatic carbocycles. The monoisotopic (exact) mass is 508 g/mol. The van der Waals surface area contributed by atoms with Crippen molar-refractivity contribution in [2.24, 2.45) is 5.92 Å². The Morgan fingerprint density at radius 1 is 1.11 bits per heavy atom. The Balaban J connectivity index is 1.41. The van der Waals surface area contributed by atoms with Gasteiger partial charge in [0.05, 0.1) is 17.4 Å². The Kier molecular flexibility index (Phi) is 7.55. The zero-order valence-corrected chi connectivity index (χ0v) is 21.6. The quantitative estimate of drug-likeness (QED) is 0.336. The minimum absolute atomic E-state index is 0.0842. The van der Waals surface area contributed by atoms with Gasteiger partial charge in [-0.2, -0.15) is 0 Å². The van der Waals surface area contributed by atoms with E-state index in [9.17, 15) is 9.59 Å². The summed E-state index contributed by atoms with van der Waals surface area (Å²) in [7, 11) is 1.84. The second-order valence-electron chi connectivity index (χ2n) is 9.82. The number of aryl methyl sites for hydroxylation is 2. The van der Waals surface area contributed by atoms with E-state index >= 15 is 0 Å². The average Bonchev–Trinajstić information content (AvgIpc) is 3.60. The van der Waals surface area contributed by atoms with Gasteiger partial charge in [-0.05, 0) is 61.7 Å². The normalized spacial score (nSPS) is 13.8. The van der Waals surface area contributed by atoms with Crippen LogP contribution in [-0.4, -0.2) is 38.0 Å². The molecule has 0 spiro atoms. The summed E-state index contributed by atoms with van der Waals surface area (Å²) >= 11 is 0. The van der Waals surface area contributed by atoms with Gasteiger partial charge >= 0.3 is 0 Å². The molecule has 1 fully saturated rings. The number of amides is 2. The van der Waals surface area contributed by atoms with Crippen molar-refractivity contribution in [3.05, 3.63) is 72.3 Å². The van der Waals surface area contributed by atoms with Crippen molar-refractivity contribution in [2.45, 2.75) is 51.6 Å². The van der Waals surface area contributed by atoms with E-state index in [4.69, 9.17) is 11.4 Å². The molecule has 0 radical (unpaired) electrons. The highest BCUT2D eigenvalue weighted by Crippen LogP contribution is 2.29. The van der Waals surface area contributed by atoms with Crippen LogP contribution in [0.1, 0.15) is 54.4 Å². The first-order valence-corrected chi connectivity index (χ1v) is 13.1. The van der Waals surface area contributed by atoms with Crippen LogP contribution in [0, 0.1) is 18.3 Å². The third-order valence-electron chi connectivity index (χ3n) is 7.30. The highest BCUT2D eigenvalue weighted by Gasteiger charge is 2.25. The summed E-state index contributed by atoms with van der Waals surface area (Å²) in [6.45, 7) is 1.44. The number of benzene rings is 2. The van der Waals surface area contributed by atoms with E-state index in [2.05, 4.69) is 16.2 Å². The molecule has 0 saturated heterocycles. The molecular weight excluding hydrogens is 476 g/mol. The Morgan fingerprint density at radius 3 is 2.61 bits per heavy atom.